The Morgan fingerprint density at radius 3 is 1.47 bits per heavy atom. The molecular weight excluding hydrogens is 244 g/mol. The van der Waals surface area contributed by atoms with Gasteiger partial charge in [-0.15, -0.1) is 0 Å². The minimum absolute atomic E-state index is 0.168. The van der Waals surface area contributed by atoms with E-state index in [0.717, 1.165) is 13.2 Å². The zero-order chi connectivity index (χ0) is 13.3. The molecule has 0 aliphatic rings. The average Bonchev–Trinajstić information content (AvgIpc) is 2.36. The largest absolute Gasteiger partial charge is 0.357 e. The monoisotopic (exact) mass is 276 g/mol. The highest BCUT2D eigenvalue weighted by atomic mass is 29.2. The SMILES string of the molecule is CCOC(OCC)[SiH](CC)[Si](CC)(CC)CC. The Kier molecular flexibility index (Phi) is 9.50. The van der Waals surface area contributed by atoms with Gasteiger partial charge >= 0.3 is 0 Å². The molecule has 0 saturated heterocycles. The molecule has 1 atom stereocenters. The summed E-state index contributed by atoms with van der Waals surface area (Å²) in [5.74, 6) is 0.168. The maximum Gasteiger partial charge on any atom is 0.136 e. The summed E-state index contributed by atoms with van der Waals surface area (Å²) >= 11 is 0. The van der Waals surface area contributed by atoms with Crippen LogP contribution < -0.4 is 0 Å². The van der Waals surface area contributed by atoms with Crippen molar-refractivity contribution in [3.63, 3.8) is 0 Å². The third-order valence-electron chi connectivity index (χ3n) is 4.33. The molecule has 0 aromatic carbocycles. The second-order valence-corrected chi connectivity index (χ2v) is 18.0. The van der Waals surface area contributed by atoms with E-state index < -0.39 is 15.9 Å². The summed E-state index contributed by atoms with van der Waals surface area (Å²) in [7, 11) is -2.02. The van der Waals surface area contributed by atoms with Crippen molar-refractivity contribution in [2.45, 2.75) is 71.6 Å². The molecule has 0 amide bonds. The van der Waals surface area contributed by atoms with E-state index in [-0.39, 0.29) is 5.91 Å². The molecule has 0 radical (unpaired) electrons. The molecule has 0 heterocycles. The Balaban J connectivity index is 4.94. The zero-order valence-corrected chi connectivity index (χ0v) is 14.9. The molecule has 17 heavy (non-hydrogen) atoms. The summed E-state index contributed by atoms with van der Waals surface area (Å²) in [4.78, 5) is 0. The minimum Gasteiger partial charge on any atom is -0.357 e. The quantitative estimate of drug-likeness (QED) is 0.447. The van der Waals surface area contributed by atoms with E-state index in [1.54, 1.807) is 0 Å². The maximum absolute atomic E-state index is 5.92. The van der Waals surface area contributed by atoms with Crippen molar-refractivity contribution >= 4 is 15.9 Å². The van der Waals surface area contributed by atoms with Crippen LogP contribution in [0, 0.1) is 0 Å². The van der Waals surface area contributed by atoms with Crippen molar-refractivity contribution in [1.82, 2.24) is 0 Å². The average molecular weight is 277 g/mol. The molecule has 0 aliphatic heterocycles. The molecule has 2 nitrogen and oxygen atoms in total. The van der Waals surface area contributed by atoms with E-state index in [4.69, 9.17) is 9.47 Å². The summed E-state index contributed by atoms with van der Waals surface area (Å²) in [5.41, 5.74) is 0. The minimum atomic E-state index is -1.10. The standard InChI is InChI=1S/C13H32O2Si2/c1-7-14-13(15-8-2)16(9-3)17(10-4,11-5)12-6/h13,16H,7-12H2,1-6H3. The molecule has 1 unspecified atom stereocenters. The Morgan fingerprint density at radius 1 is 0.824 bits per heavy atom. The number of rotatable bonds is 10. The van der Waals surface area contributed by atoms with Crippen LogP contribution in [0.5, 0.6) is 0 Å². The van der Waals surface area contributed by atoms with E-state index in [2.05, 4.69) is 41.5 Å². The van der Waals surface area contributed by atoms with Crippen LogP contribution in [0.4, 0.5) is 0 Å². The summed E-state index contributed by atoms with van der Waals surface area (Å²) in [5, 5.41) is 0. The van der Waals surface area contributed by atoms with Crippen LogP contribution in [0.25, 0.3) is 0 Å². The highest BCUT2D eigenvalue weighted by Crippen LogP contribution is 2.28. The Morgan fingerprint density at radius 2 is 1.24 bits per heavy atom. The van der Waals surface area contributed by atoms with Crippen LogP contribution >= 0.6 is 0 Å². The van der Waals surface area contributed by atoms with Crippen molar-refractivity contribution in [3.8, 4) is 0 Å². The van der Waals surface area contributed by atoms with Gasteiger partial charge in [0.15, 0.2) is 0 Å². The van der Waals surface area contributed by atoms with Gasteiger partial charge in [0, 0.05) is 20.8 Å². The highest BCUT2D eigenvalue weighted by Gasteiger charge is 2.42. The lowest BCUT2D eigenvalue weighted by molar-refractivity contribution is -0.0841. The van der Waals surface area contributed by atoms with Crippen LogP contribution in [0.2, 0.25) is 24.2 Å². The first-order chi connectivity index (χ1) is 8.15. The van der Waals surface area contributed by atoms with Crippen molar-refractivity contribution in [2.24, 2.45) is 0 Å². The van der Waals surface area contributed by atoms with Gasteiger partial charge in [-0.05, 0) is 13.8 Å². The molecule has 0 N–H and O–H groups in total. The fourth-order valence-electron chi connectivity index (χ4n) is 3.06. The maximum atomic E-state index is 5.92. The van der Waals surface area contributed by atoms with E-state index >= 15 is 0 Å². The van der Waals surface area contributed by atoms with Crippen LogP contribution in [-0.2, 0) is 9.47 Å². The molecule has 0 aromatic heterocycles. The number of hydrogen-bond donors (Lipinski definition) is 0. The summed E-state index contributed by atoms with van der Waals surface area (Å²) in [6.07, 6.45) is 0. The lowest BCUT2D eigenvalue weighted by atomic mass is 10.8. The zero-order valence-electron chi connectivity index (χ0n) is 12.7. The van der Waals surface area contributed by atoms with Gasteiger partial charge in [-0.3, -0.25) is 0 Å². The van der Waals surface area contributed by atoms with Gasteiger partial charge in [0.25, 0.3) is 0 Å². The van der Waals surface area contributed by atoms with Crippen molar-refractivity contribution in [3.05, 3.63) is 0 Å². The fourth-order valence-corrected chi connectivity index (χ4v) is 18.4. The fraction of sp³-hybridized carbons (Fsp3) is 1.00. The van der Waals surface area contributed by atoms with Gasteiger partial charge in [-0.25, -0.2) is 0 Å². The first-order valence-corrected chi connectivity index (χ1v) is 13.3. The molecule has 104 valence electrons. The van der Waals surface area contributed by atoms with Gasteiger partial charge in [-0.2, -0.15) is 0 Å². The second-order valence-electron chi connectivity index (χ2n) is 4.72. The van der Waals surface area contributed by atoms with Crippen molar-refractivity contribution < 1.29 is 9.47 Å². The van der Waals surface area contributed by atoms with Gasteiger partial charge < -0.3 is 9.47 Å². The molecule has 0 aromatic rings. The van der Waals surface area contributed by atoms with Crippen LogP contribution in [0.3, 0.4) is 0 Å². The molecule has 0 rings (SSSR count). The number of hydrogen-bond acceptors (Lipinski definition) is 2. The predicted octanol–water partition coefficient (Wildman–Crippen LogP) is 3.76. The highest BCUT2D eigenvalue weighted by molar-refractivity contribution is 7.33. The molecule has 0 fully saturated rings. The smallest absolute Gasteiger partial charge is 0.136 e. The Bertz CT molecular complexity index is 170. The summed E-state index contributed by atoms with van der Waals surface area (Å²) < 4.78 is 11.8. The summed E-state index contributed by atoms with van der Waals surface area (Å²) in [6.45, 7) is 15.3. The Labute approximate surface area is 110 Å². The van der Waals surface area contributed by atoms with Crippen molar-refractivity contribution in [2.75, 3.05) is 13.2 Å². The van der Waals surface area contributed by atoms with Crippen LogP contribution in [0.1, 0.15) is 41.5 Å². The van der Waals surface area contributed by atoms with Gasteiger partial charge in [0.2, 0.25) is 0 Å². The van der Waals surface area contributed by atoms with Gasteiger partial charge in [-0.1, -0.05) is 51.9 Å². The topological polar surface area (TPSA) is 18.5 Å². The van der Waals surface area contributed by atoms with E-state index in [9.17, 15) is 0 Å². The lowest BCUT2D eigenvalue weighted by Gasteiger charge is -2.39. The summed E-state index contributed by atoms with van der Waals surface area (Å²) in [6, 6.07) is 5.54. The van der Waals surface area contributed by atoms with E-state index in [0.29, 0.717) is 0 Å². The molecule has 0 saturated carbocycles. The third kappa shape index (κ3) is 4.50. The van der Waals surface area contributed by atoms with E-state index in [1.165, 1.54) is 24.2 Å². The molecule has 0 bridgehead atoms. The molecular formula is C13H32O2Si2. The molecule has 4 heteroatoms. The Hall–Kier alpha value is 0.354. The van der Waals surface area contributed by atoms with Crippen LogP contribution in [0.15, 0.2) is 0 Å². The first-order valence-electron chi connectivity index (χ1n) is 7.38. The lowest BCUT2D eigenvalue weighted by Crippen LogP contribution is -2.57. The first kappa shape index (κ1) is 17.4. The van der Waals surface area contributed by atoms with Gasteiger partial charge in [0.1, 0.15) is 5.91 Å². The molecule has 0 spiro atoms. The predicted molar refractivity (Wildman–Crippen MR) is 81.9 cm³/mol. The number of ether oxygens (including phenoxy) is 2. The normalized spacial score (nSPS) is 14.3. The van der Waals surface area contributed by atoms with E-state index in [1.807, 2.05) is 0 Å². The van der Waals surface area contributed by atoms with Gasteiger partial charge in [0.05, 0.1) is 8.31 Å². The molecule has 0 aliphatic carbocycles. The van der Waals surface area contributed by atoms with Crippen LogP contribution in [-0.4, -0.2) is 35.0 Å². The third-order valence-corrected chi connectivity index (χ3v) is 22.5. The second kappa shape index (κ2) is 9.31. The van der Waals surface area contributed by atoms with Crippen molar-refractivity contribution in [1.29, 1.82) is 0 Å².